The van der Waals surface area contributed by atoms with Crippen molar-refractivity contribution in [1.82, 2.24) is 0 Å². The lowest BCUT2D eigenvalue weighted by molar-refractivity contribution is -0.123. The lowest BCUT2D eigenvalue weighted by atomic mass is 10.1. The fourth-order valence-corrected chi connectivity index (χ4v) is 3.66. The zero-order valence-corrected chi connectivity index (χ0v) is 19.3. The van der Waals surface area contributed by atoms with Crippen LogP contribution in [-0.4, -0.2) is 36.9 Å². The summed E-state index contributed by atoms with van der Waals surface area (Å²) in [7, 11) is 1.43. The Hall–Kier alpha value is -4.24. The number of anilines is 2. The SMILES string of the molecule is COc1ccc(Cl)cc1NC(=O)C(C)OC(=O)c1ccc2c(c1)C(=O)N(c1ccc(F)cc1)C2=O. The molecule has 3 aromatic rings. The lowest BCUT2D eigenvalue weighted by Crippen LogP contribution is -2.30. The highest BCUT2D eigenvalue weighted by Gasteiger charge is 2.37. The average molecular weight is 497 g/mol. The summed E-state index contributed by atoms with van der Waals surface area (Å²) >= 11 is 5.96. The van der Waals surface area contributed by atoms with Gasteiger partial charge in [-0.15, -0.1) is 0 Å². The predicted molar refractivity (Wildman–Crippen MR) is 125 cm³/mol. The van der Waals surface area contributed by atoms with E-state index in [1.165, 1.54) is 50.4 Å². The molecule has 0 bridgehead atoms. The van der Waals surface area contributed by atoms with Gasteiger partial charge in [0.1, 0.15) is 11.6 Å². The molecule has 1 aliphatic heterocycles. The van der Waals surface area contributed by atoms with E-state index in [1.54, 1.807) is 12.1 Å². The van der Waals surface area contributed by atoms with Gasteiger partial charge in [0, 0.05) is 5.02 Å². The van der Waals surface area contributed by atoms with Gasteiger partial charge in [-0.1, -0.05) is 11.6 Å². The Balaban J connectivity index is 1.49. The summed E-state index contributed by atoms with van der Waals surface area (Å²) in [5, 5.41) is 2.96. The zero-order valence-electron chi connectivity index (χ0n) is 18.5. The van der Waals surface area contributed by atoms with E-state index in [2.05, 4.69) is 5.32 Å². The number of imide groups is 1. The Morgan fingerprint density at radius 1 is 0.971 bits per heavy atom. The number of carbonyl (C=O) groups excluding carboxylic acids is 4. The number of carbonyl (C=O) groups is 4. The number of ether oxygens (including phenoxy) is 2. The molecule has 35 heavy (non-hydrogen) atoms. The molecule has 1 heterocycles. The topological polar surface area (TPSA) is 102 Å². The first-order valence-corrected chi connectivity index (χ1v) is 10.7. The summed E-state index contributed by atoms with van der Waals surface area (Å²) in [6.45, 7) is 1.38. The number of hydrogen-bond donors (Lipinski definition) is 1. The maximum atomic E-state index is 13.2. The van der Waals surface area contributed by atoms with Gasteiger partial charge in [0.25, 0.3) is 17.7 Å². The molecular weight excluding hydrogens is 479 g/mol. The van der Waals surface area contributed by atoms with Gasteiger partial charge >= 0.3 is 5.97 Å². The molecule has 0 aromatic heterocycles. The third-order valence-corrected chi connectivity index (χ3v) is 5.51. The van der Waals surface area contributed by atoms with Crippen molar-refractivity contribution in [2.45, 2.75) is 13.0 Å². The van der Waals surface area contributed by atoms with Crippen LogP contribution in [0.5, 0.6) is 5.75 Å². The average Bonchev–Trinajstić information content (AvgIpc) is 3.09. The number of esters is 1. The third-order valence-electron chi connectivity index (χ3n) is 5.28. The van der Waals surface area contributed by atoms with Crippen LogP contribution in [0.1, 0.15) is 38.0 Å². The van der Waals surface area contributed by atoms with E-state index >= 15 is 0 Å². The summed E-state index contributed by atoms with van der Waals surface area (Å²) in [4.78, 5) is 51.7. The maximum Gasteiger partial charge on any atom is 0.338 e. The number of benzene rings is 3. The van der Waals surface area contributed by atoms with Crippen molar-refractivity contribution in [2.75, 3.05) is 17.3 Å². The highest BCUT2D eigenvalue weighted by Crippen LogP contribution is 2.30. The van der Waals surface area contributed by atoms with E-state index in [4.69, 9.17) is 21.1 Å². The quantitative estimate of drug-likeness (QED) is 0.399. The fraction of sp³-hybridized carbons (Fsp3) is 0.120. The van der Waals surface area contributed by atoms with E-state index in [0.717, 1.165) is 17.0 Å². The molecule has 1 atom stereocenters. The number of nitrogens with zero attached hydrogens (tertiary/aromatic N) is 1. The summed E-state index contributed by atoms with van der Waals surface area (Å²) in [6, 6.07) is 13.4. The Bertz CT molecular complexity index is 1360. The van der Waals surface area contributed by atoms with Gasteiger partial charge in [-0.2, -0.15) is 0 Å². The van der Waals surface area contributed by atoms with E-state index in [-0.39, 0.29) is 22.4 Å². The van der Waals surface area contributed by atoms with E-state index in [1.807, 2.05) is 0 Å². The van der Waals surface area contributed by atoms with Crippen LogP contribution in [0.3, 0.4) is 0 Å². The fourth-order valence-electron chi connectivity index (χ4n) is 3.49. The van der Waals surface area contributed by atoms with E-state index in [9.17, 15) is 23.6 Å². The minimum Gasteiger partial charge on any atom is -0.495 e. The number of hydrogen-bond acceptors (Lipinski definition) is 6. The summed E-state index contributed by atoms with van der Waals surface area (Å²) in [6.07, 6.45) is -1.20. The summed E-state index contributed by atoms with van der Waals surface area (Å²) in [5.41, 5.74) is 0.564. The van der Waals surface area contributed by atoms with Gasteiger partial charge in [-0.05, 0) is 67.6 Å². The monoisotopic (exact) mass is 496 g/mol. The first-order valence-electron chi connectivity index (χ1n) is 10.3. The molecule has 8 nitrogen and oxygen atoms in total. The van der Waals surface area contributed by atoms with Gasteiger partial charge in [-0.25, -0.2) is 14.1 Å². The van der Waals surface area contributed by atoms with Crippen LogP contribution >= 0.6 is 11.6 Å². The van der Waals surface area contributed by atoms with Crippen LogP contribution in [0.15, 0.2) is 60.7 Å². The lowest BCUT2D eigenvalue weighted by Gasteiger charge is -2.15. The summed E-state index contributed by atoms with van der Waals surface area (Å²) in [5.74, 6) is -2.90. The summed E-state index contributed by atoms with van der Waals surface area (Å²) < 4.78 is 23.7. The van der Waals surface area contributed by atoms with Crippen molar-refractivity contribution < 1.29 is 33.0 Å². The molecule has 10 heteroatoms. The second-order valence-corrected chi connectivity index (χ2v) is 8.00. The number of amides is 3. The second-order valence-electron chi connectivity index (χ2n) is 7.56. The number of halogens is 2. The third kappa shape index (κ3) is 4.71. The molecule has 1 N–H and O–H groups in total. The van der Waals surface area contributed by atoms with Crippen LogP contribution < -0.4 is 15.0 Å². The van der Waals surface area contributed by atoms with Gasteiger partial charge in [0.2, 0.25) is 0 Å². The van der Waals surface area contributed by atoms with Gasteiger partial charge < -0.3 is 14.8 Å². The molecule has 0 radical (unpaired) electrons. The number of nitrogens with one attached hydrogen (secondary N) is 1. The van der Waals surface area contributed by atoms with Crippen LogP contribution in [0, 0.1) is 5.82 Å². The number of fused-ring (bicyclic) bond motifs is 1. The van der Waals surface area contributed by atoms with Crippen LogP contribution in [-0.2, 0) is 9.53 Å². The highest BCUT2D eigenvalue weighted by molar-refractivity contribution is 6.34. The van der Waals surface area contributed by atoms with Crippen LogP contribution in [0.4, 0.5) is 15.8 Å². The zero-order chi connectivity index (χ0) is 25.3. The van der Waals surface area contributed by atoms with Crippen molar-refractivity contribution in [2.24, 2.45) is 0 Å². The molecule has 0 aliphatic carbocycles. The van der Waals surface area contributed by atoms with Crippen LogP contribution in [0.2, 0.25) is 5.02 Å². The number of rotatable bonds is 6. The Morgan fingerprint density at radius 3 is 2.34 bits per heavy atom. The predicted octanol–water partition coefficient (Wildman–Crippen LogP) is 4.47. The second kappa shape index (κ2) is 9.55. The van der Waals surface area contributed by atoms with E-state index in [0.29, 0.717) is 16.5 Å². The van der Waals surface area contributed by atoms with Gasteiger partial charge in [0.05, 0.1) is 35.2 Å². The van der Waals surface area contributed by atoms with Crippen molar-refractivity contribution >= 4 is 46.7 Å². The number of methoxy groups -OCH3 is 1. The molecule has 1 aliphatic rings. The van der Waals surface area contributed by atoms with Gasteiger partial charge in [-0.3, -0.25) is 14.4 Å². The minimum absolute atomic E-state index is 0.00505. The molecular formula is C25H18ClFN2O6. The van der Waals surface area contributed by atoms with Crippen molar-refractivity contribution in [1.29, 1.82) is 0 Å². The Morgan fingerprint density at radius 2 is 1.66 bits per heavy atom. The smallest absolute Gasteiger partial charge is 0.338 e. The molecule has 0 saturated heterocycles. The maximum absolute atomic E-state index is 13.2. The highest BCUT2D eigenvalue weighted by atomic mass is 35.5. The minimum atomic E-state index is -1.20. The first-order chi connectivity index (χ1) is 16.7. The first kappa shape index (κ1) is 23.9. The standard InChI is InChI=1S/C25H18ClFN2O6/c1-13(22(30)28-20-12-15(26)4-10-21(20)34-2)35-25(33)14-3-9-18-19(11-14)24(32)29(23(18)31)17-7-5-16(27)6-8-17/h3-13H,1-2H3,(H,28,30). The Kier molecular flexibility index (Phi) is 6.52. The molecule has 3 amide bonds. The Labute approximate surface area is 204 Å². The van der Waals surface area contributed by atoms with Crippen molar-refractivity contribution in [3.8, 4) is 5.75 Å². The molecule has 1 unspecified atom stereocenters. The molecule has 0 saturated carbocycles. The molecule has 4 rings (SSSR count). The van der Waals surface area contributed by atoms with Crippen molar-refractivity contribution in [3.05, 3.63) is 88.2 Å². The molecule has 0 spiro atoms. The normalized spacial score (nSPS) is 13.3. The van der Waals surface area contributed by atoms with Crippen LogP contribution in [0.25, 0.3) is 0 Å². The van der Waals surface area contributed by atoms with E-state index < -0.39 is 35.6 Å². The largest absolute Gasteiger partial charge is 0.495 e. The van der Waals surface area contributed by atoms with Gasteiger partial charge in [0.15, 0.2) is 6.10 Å². The molecule has 0 fully saturated rings. The molecule has 3 aromatic carbocycles. The van der Waals surface area contributed by atoms with Crippen molar-refractivity contribution in [3.63, 3.8) is 0 Å². The molecule has 178 valence electrons.